The van der Waals surface area contributed by atoms with Crippen molar-refractivity contribution >= 4 is 21.8 Å². The van der Waals surface area contributed by atoms with E-state index in [0.29, 0.717) is 0 Å². The zero-order chi connectivity index (χ0) is 14.6. The SMILES string of the molecule is Cc1cccc(C)c1-n1c2ccccc2c2c[nH]c(C)c21. The van der Waals surface area contributed by atoms with Crippen LogP contribution in [0, 0.1) is 20.8 Å². The lowest BCUT2D eigenvalue weighted by Gasteiger charge is -2.14. The summed E-state index contributed by atoms with van der Waals surface area (Å²) in [5, 5.41) is 2.60. The Morgan fingerprint density at radius 2 is 1.52 bits per heavy atom. The summed E-state index contributed by atoms with van der Waals surface area (Å²) in [4.78, 5) is 3.38. The third kappa shape index (κ3) is 1.59. The molecule has 0 unspecified atom stereocenters. The third-order valence-corrected chi connectivity index (χ3v) is 4.37. The number of hydrogen-bond donors (Lipinski definition) is 1. The van der Waals surface area contributed by atoms with Gasteiger partial charge >= 0.3 is 0 Å². The average molecular weight is 274 g/mol. The molecule has 0 aliphatic carbocycles. The fraction of sp³-hybridized carbons (Fsp3) is 0.158. The molecule has 0 fully saturated rings. The van der Waals surface area contributed by atoms with Crippen molar-refractivity contribution in [3.63, 3.8) is 0 Å². The first-order chi connectivity index (χ1) is 10.2. The normalized spacial score (nSPS) is 11.6. The van der Waals surface area contributed by atoms with Gasteiger partial charge in [-0.1, -0.05) is 36.4 Å². The molecule has 2 aromatic heterocycles. The van der Waals surface area contributed by atoms with Gasteiger partial charge < -0.3 is 9.55 Å². The molecule has 0 saturated carbocycles. The van der Waals surface area contributed by atoms with E-state index in [1.807, 2.05) is 0 Å². The molecule has 0 aliphatic heterocycles. The maximum absolute atomic E-state index is 3.38. The van der Waals surface area contributed by atoms with Crippen LogP contribution in [-0.2, 0) is 0 Å². The summed E-state index contributed by atoms with van der Waals surface area (Å²) in [6.07, 6.45) is 2.12. The first-order valence-corrected chi connectivity index (χ1v) is 7.32. The van der Waals surface area contributed by atoms with Gasteiger partial charge in [0, 0.05) is 22.7 Å². The second-order valence-electron chi connectivity index (χ2n) is 5.77. The molecule has 0 bridgehead atoms. The number of aromatic nitrogens is 2. The Labute approximate surface area is 124 Å². The van der Waals surface area contributed by atoms with Gasteiger partial charge in [0.25, 0.3) is 0 Å². The van der Waals surface area contributed by atoms with Crippen molar-refractivity contribution in [1.29, 1.82) is 0 Å². The average Bonchev–Trinajstić information content (AvgIpc) is 2.99. The molecular formula is C19H18N2. The van der Waals surface area contributed by atoms with E-state index in [2.05, 4.69) is 79.0 Å². The maximum atomic E-state index is 3.38. The van der Waals surface area contributed by atoms with Crippen LogP contribution < -0.4 is 0 Å². The Kier molecular flexibility index (Phi) is 2.49. The predicted molar refractivity (Wildman–Crippen MR) is 89.3 cm³/mol. The molecular weight excluding hydrogens is 256 g/mol. The lowest BCUT2D eigenvalue weighted by molar-refractivity contribution is 1.10. The van der Waals surface area contributed by atoms with Crippen LogP contribution >= 0.6 is 0 Å². The van der Waals surface area contributed by atoms with E-state index >= 15 is 0 Å². The van der Waals surface area contributed by atoms with Crippen molar-refractivity contribution < 1.29 is 0 Å². The summed E-state index contributed by atoms with van der Waals surface area (Å²) in [6.45, 7) is 6.52. The van der Waals surface area contributed by atoms with Crippen molar-refractivity contribution in [1.82, 2.24) is 9.55 Å². The first-order valence-electron chi connectivity index (χ1n) is 7.32. The van der Waals surface area contributed by atoms with Crippen LogP contribution in [0.15, 0.2) is 48.7 Å². The Morgan fingerprint density at radius 3 is 2.29 bits per heavy atom. The highest BCUT2D eigenvalue weighted by Crippen LogP contribution is 2.35. The summed E-state index contributed by atoms with van der Waals surface area (Å²) in [5.41, 5.74) is 7.68. The van der Waals surface area contributed by atoms with E-state index in [-0.39, 0.29) is 0 Å². The van der Waals surface area contributed by atoms with Crippen LogP contribution in [0.5, 0.6) is 0 Å². The molecule has 0 amide bonds. The highest BCUT2D eigenvalue weighted by molar-refractivity contribution is 6.10. The molecule has 0 aliphatic rings. The second kappa shape index (κ2) is 4.26. The molecule has 0 atom stereocenters. The number of aromatic amines is 1. The second-order valence-corrected chi connectivity index (χ2v) is 5.77. The minimum absolute atomic E-state index is 1.21. The Morgan fingerprint density at radius 1 is 0.810 bits per heavy atom. The fourth-order valence-corrected chi connectivity index (χ4v) is 3.42. The first kappa shape index (κ1) is 12.3. The highest BCUT2D eigenvalue weighted by Gasteiger charge is 2.17. The monoisotopic (exact) mass is 274 g/mol. The maximum Gasteiger partial charge on any atom is 0.0745 e. The van der Waals surface area contributed by atoms with E-state index in [9.17, 15) is 0 Å². The van der Waals surface area contributed by atoms with Crippen molar-refractivity contribution in [2.24, 2.45) is 0 Å². The number of hydrogen-bond acceptors (Lipinski definition) is 0. The Balaban J connectivity index is 2.28. The standard InChI is InChI=1S/C19H18N2/c1-12-7-6-8-13(2)18(12)21-17-10-5-4-9-15(17)16-11-20-14(3)19(16)21/h4-11,20H,1-3H3. The molecule has 0 radical (unpaired) electrons. The van der Waals surface area contributed by atoms with Crippen molar-refractivity contribution in [2.75, 3.05) is 0 Å². The van der Waals surface area contributed by atoms with Crippen LogP contribution in [0.4, 0.5) is 0 Å². The van der Waals surface area contributed by atoms with Gasteiger partial charge in [0.05, 0.1) is 16.7 Å². The molecule has 4 aromatic rings. The van der Waals surface area contributed by atoms with Gasteiger partial charge in [-0.3, -0.25) is 0 Å². The van der Waals surface area contributed by atoms with Gasteiger partial charge in [0.15, 0.2) is 0 Å². The van der Waals surface area contributed by atoms with Gasteiger partial charge in [-0.25, -0.2) is 0 Å². The molecule has 2 aromatic carbocycles. The van der Waals surface area contributed by atoms with E-state index < -0.39 is 0 Å². The minimum Gasteiger partial charge on any atom is -0.363 e. The van der Waals surface area contributed by atoms with Gasteiger partial charge in [0.1, 0.15) is 0 Å². The van der Waals surface area contributed by atoms with Gasteiger partial charge in [-0.05, 0) is 38.0 Å². The smallest absolute Gasteiger partial charge is 0.0745 e. The van der Waals surface area contributed by atoms with Crippen molar-refractivity contribution in [2.45, 2.75) is 20.8 Å². The number of nitrogens with zero attached hydrogens (tertiary/aromatic N) is 1. The van der Waals surface area contributed by atoms with Gasteiger partial charge in [0.2, 0.25) is 0 Å². The molecule has 1 N–H and O–H groups in total. The molecule has 2 nitrogen and oxygen atoms in total. The molecule has 0 spiro atoms. The number of benzene rings is 2. The van der Waals surface area contributed by atoms with E-state index in [1.165, 1.54) is 44.3 Å². The summed E-state index contributed by atoms with van der Waals surface area (Å²) in [5.74, 6) is 0. The van der Waals surface area contributed by atoms with Crippen LogP contribution in [0.25, 0.3) is 27.5 Å². The summed E-state index contributed by atoms with van der Waals surface area (Å²) >= 11 is 0. The largest absolute Gasteiger partial charge is 0.363 e. The number of aryl methyl sites for hydroxylation is 3. The number of fused-ring (bicyclic) bond motifs is 3. The lowest BCUT2D eigenvalue weighted by atomic mass is 10.1. The fourth-order valence-electron chi connectivity index (χ4n) is 3.42. The summed E-state index contributed by atoms with van der Waals surface area (Å²) in [7, 11) is 0. The van der Waals surface area contributed by atoms with E-state index in [4.69, 9.17) is 0 Å². The van der Waals surface area contributed by atoms with Crippen LogP contribution in [-0.4, -0.2) is 9.55 Å². The lowest BCUT2D eigenvalue weighted by Crippen LogP contribution is -2.00. The molecule has 21 heavy (non-hydrogen) atoms. The van der Waals surface area contributed by atoms with E-state index in [0.717, 1.165) is 0 Å². The molecule has 4 rings (SSSR count). The number of para-hydroxylation sites is 2. The Hall–Kier alpha value is -2.48. The summed E-state index contributed by atoms with van der Waals surface area (Å²) < 4.78 is 2.40. The Bertz CT molecular complexity index is 950. The topological polar surface area (TPSA) is 20.7 Å². The quantitative estimate of drug-likeness (QED) is 0.502. The molecule has 2 heterocycles. The van der Waals surface area contributed by atoms with Crippen molar-refractivity contribution in [3.05, 3.63) is 65.5 Å². The van der Waals surface area contributed by atoms with Crippen LogP contribution in [0.2, 0.25) is 0 Å². The van der Waals surface area contributed by atoms with Gasteiger partial charge in [-0.15, -0.1) is 0 Å². The molecule has 0 saturated heterocycles. The number of H-pyrrole nitrogens is 1. The summed E-state index contributed by atoms with van der Waals surface area (Å²) in [6, 6.07) is 15.1. The van der Waals surface area contributed by atoms with Crippen LogP contribution in [0.1, 0.15) is 16.8 Å². The zero-order valence-corrected chi connectivity index (χ0v) is 12.6. The number of nitrogens with one attached hydrogen (secondary N) is 1. The van der Waals surface area contributed by atoms with Gasteiger partial charge in [-0.2, -0.15) is 0 Å². The van der Waals surface area contributed by atoms with Crippen LogP contribution in [0.3, 0.4) is 0 Å². The minimum atomic E-state index is 1.21. The molecule has 2 heteroatoms. The highest BCUT2D eigenvalue weighted by atomic mass is 15.0. The third-order valence-electron chi connectivity index (χ3n) is 4.37. The number of rotatable bonds is 1. The molecule has 104 valence electrons. The predicted octanol–water partition coefficient (Wildman–Crippen LogP) is 5.04. The van der Waals surface area contributed by atoms with E-state index in [1.54, 1.807) is 0 Å². The van der Waals surface area contributed by atoms with Crippen molar-refractivity contribution in [3.8, 4) is 5.69 Å². The zero-order valence-electron chi connectivity index (χ0n) is 12.6.